The fourth-order valence-corrected chi connectivity index (χ4v) is 4.09. The lowest BCUT2D eigenvalue weighted by Gasteiger charge is -2.14. The van der Waals surface area contributed by atoms with Crippen LogP contribution in [0.3, 0.4) is 0 Å². The third-order valence-electron chi connectivity index (χ3n) is 3.30. The molecule has 2 rings (SSSR count). The van der Waals surface area contributed by atoms with E-state index in [1.54, 1.807) is 16.6 Å². The van der Waals surface area contributed by atoms with Crippen LogP contribution in [0.4, 0.5) is 0 Å². The highest BCUT2D eigenvalue weighted by Gasteiger charge is 2.28. The van der Waals surface area contributed by atoms with Crippen molar-refractivity contribution in [3.63, 3.8) is 0 Å². The first kappa shape index (κ1) is 13.9. The zero-order valence-electron chi connectivity index (χ0n) is 10.8. The van der Waals surface area contributed by atoms with Crippen LogP contribution in [-0.2, 0) is 15.9 Å². The van der Waals surface area contributed by atoms with Crippen LogP contribution >= 0.6 is 11.6 Å². The second-order valence-electron chi connectivity index (χ2n) is 4.91. The Morgan fingerprint density at radius 3 is 2.39 bits per heavy atom. The average Bonchev–Trinajstić information content (AvgIpc) is 2.98. The molecule has 1 fully saturated rings. The Kier molecular flexibility index (Phi) is 4.04. The molecule has 0 aromatic carbocycles. The fraction of sp³-hybridized carbons (Fsp3) is 0.667. The van der Waals surface area contributed by atoms with Crippen molar-refractivity contribution in [2.24, 2.45) is 0 Å². The van der Waals surface area contributed by atoms with Crippen LogP contribution in [0.5, 0.6) is 0 Å². The van der Waals surface area contributed by atoms with Gasteiger partial charge < -0.3 is 4.57 Å². The average molecular weight is 291 g/mol. The van der Waals surface area contributed by atoms with Crippen LogP contribution < -0.4 is 0 Å². The topological polar surface area (TPSA) is 42.3 Å². The molecule has 4 nitrogen and oxygen atoms in total. The van der Waals surface area contributed by atoms with Crippen molar-refractivity contribution in [2.45, 2.75) is 43.5 Å². The molecule has 0 saturated carbocycles. The molecule has 0 atom stereocenters. The minimum atomic E-state index is -3.33. The summed E-state index contributed by atoms with van der Waals surface area (Å²) in [6.45, 7) is 5.29. The summed E-state index contributed by atoms with van der Waals surface area (Å²) in [7, 11) is -3.33. The predicted molar refractivity (Wildman–Crippen MR) is 72.4 cm³/mol. The SMILES string of the molecule is CC(C)n1cc(S(=O)(=O)N2CCCC2)cc1CCl. The Bertz CT molecular complexity index is 516. The summed E-state index contributed by atoms with van der Waals surface area (Å²) in [6, 6.07) is 1.90. The number of hydrogen-bond acceptors (Lipinski definition) is 2. The molecule has 1 aromatic heterocycles. The number of halogens is 1. The lowest BCUT2D eigenvalue weighted by atomic mass is 10.4. The fourth-order valence-electron chi connectivity index (χ4n) is 2.30. The molecule has 102 valence electrons. The van der Waals surface area contributed by atoms with Crippen LogP contribution in [0.15, 0.2) is 17.2 Å². The number of hydrogen-bond donors (Lipinski definition) is 0. The van der Waals surface area contributed by atoms with Crippen LogP contribution in [-0.4, -0.2) is 30.4 Å². The number of nitrogens with zero attached hydrogens (tertiary/aromatic N) is 2. The van der Waals surface area contributed by atoms with Crippen molar-refractivity contribution >= 4 is 21.6 Å². The largest absolute Gasteiger partial charge is 0.346 e. The van der Waals surface area contributed by atoms with E-state index in [9.17, 15) is 8.42 Å². The van der Waals surface area contributed by atoms with E-state index in [2.05, 4.69) is 0 Å². The second kappa shape index (κ2) is 5.23. The molecule has 6 heteroatoms. The predicted octanol–water partition coefficient (Wildman–Crippen LogP) is 2.59. The molecule has 1 saturated heterocycles. The summed E-state index contributed by atoms with van der Waals surface area (Å²) < 4.78 is 28.3. The van der Waals surface area contributed by atoms with Gasteiger partial charge in [-0.1, -0.05) is 0 Å². The van der Waals surface area contributed by atoms with Crippen molar-refractivity contribution in [1.82, 2.24) is 8.87 Å². The first-order valence-corrected chi connectivity index (χ1v) is 8.21. The summed E-state index contributed by atoms with van der Waals surface area (Å²) in [5.74, 6) is 0.327. The maximum atomic E-state index is 12.4. The molecular formula is C12H19ClN2O2S. The van der Waals surface area contributed by atoms with Gasteiger partial charge in [0, 0.05) is 31.0 Å². The van der Waals surface area contributed by atoms with E-state index in [0.717, 1.165) is 18.5 Å². The minimum absolute atomic E-state index is 0.210. The van der Waals surface area contributed by atoms with Crippen molar-refractivity contribution in [3.05, 3.63) is 18.0 Å². The lowest BCUT2D eigenvalue weighted by molar-refractivity contribution is 0.477. The van der Waals surface area contributed by atoms with Gasteiger partial charge in [0.1, 0.15) is 4.90 Å². The van der Waals surface area contributed by atoms with Gasteiger partial charge in [-0.15, -0.1) is 11.6 Å². The first-order chi connectivity index (χ1) is 8.46. The number of sulfonamides is 1. The smallest absolute Gasteiger partial charge is 0.244 e. The summed E-state index contributed by atoms with van der Waals surface area (Å²) >= 11 is 5.87. The molecule has 1 aliphatic rings. The highest BCUT2D eigenvalue weighted by molar-refractivity contribution is 7.89. The number of aromatic nitrogens is 1. The van der Waals surface area contributed by atoms with Gasteiger partial charge >= 0.3 is 0 Å². The van der Waals surface area contributed by atoms with Gasteiger partial charge in [0.25, 0.3) is 0 Å². The van der Waals surface area contributed by atoms with Gasteiger partial charge in [0.05, 0.1) is 5.88 Å². The Hall–Kier alpha value is -0.520. The van der Waals surface area contributed by atoms with E-state index in [4.69, 9.17) is 11.6 Å². The molecule has 0 radical (unpaired) electrons. The summed E-state index contributed by atoms with van der Waals surface area (Å²) in [5, 5.41) is 0. The summed E-state index contributed by atoms with van der Waals surface area (Å²) in [5.41, 5.74) is 0.851. The molecule has 0 amide bonds. The maximum Gasteiger partial charge on any atom is 0.244 e. The van der Waals surface area contributed by atoms with Crippen molar-refractivity contribution in [1.29, 1.82) is 0 Å². The van der Waals surface area contributed by atoms with Crippen LogP contribution in [0.2, 0.25) is 0 Å². The molecule has 0 bridgehead atoms. The van der Waals surface area contributed by atoms with Gasteiger partial charge in [-0.2, -0.15) is 4.31 Å². The Labute approximate surface area is 114 Å². The maximum absolute atomic E-state index is 12.4. The lowest BCUT2D eigenvalue weighted by Crippen LogP contribution is -2.27. The van der Waals surface area contributed by atoms with Crippen LogP contribution in [0, 0.1) is 0 Å². The standard InChI is InChI=1S/C12H19ClN2O2S/c1-10(2)15-9-12(7-11(15)8-13)18(16,17)14-5-3-4-6-14/h7,9-10H,3-6,8H2,1-2H3. The molecule has 1 aliphatic heterocycles. The van der Waals surface area contributed by atoms with E-state index in [0.29, 0.717) is 23.9 Å². The molecule has 0 unspecified atom stereocenters. The highest BCUT2D eigenvalue weighted by atomic mass is 35.5. The van der Waals surface area contributed by atoms with E-state index < -0.39 is 10.0 Å². The number of rotatable bonds is 4. The number of alkyl halides is 1. The Morgan fingerprint density at radius 2 is 1.94 bits per heavy atom. The molecule has 0 spiro atoms. The highest BCUT2D eigenvalue weighted by Crippen LogP contribution is 2.25. The van der Waals surface area contributed by atoms with Gasteiger partial charge in [-0.25, -0.2) is 8.42 Å². The summed E-state index contributed by atoms with van der Waals surface area (Å²) in [4.78, 5) is 0.369. The van der Waals surface area contributed by atoms with Gasteiger partial charge in [0.2, 0.25) is 10.0 Å². The zero-order chi connectivity index (χ0) is 13.3. The molecule has 0 aliphatic carbocycles. The first-order valence-electron chi connectivity index (χ1n) is 6.23. The monoisotopic (exact) mass is 290 g/mol. The normalized spacial score (nSPS) is 17.8. The van der Waals surface area contributed by atoms with Crippen LogP contribution in [0.25, 0.3) is 0 Å². The minimum Gasteiger partial charge on any atom is -0.346 e. The van der Waals surface area contributed by atoms with E-state index in [-0.39, 0.29) is 6.04 Å². The quantitative estimate of drug-likeness (QED) is 0.800. The third-order valence-corrected chi connectivity index (χ3v) is 5.44. The molecule has 2 heterocycles. The Morgan fingerprint density at radius 1 is 1.33 bits per heavy atom. The van der Waals surface area contributed by atoms with E-state index in [1.165, 1.54) is 0 Å². The summed E-state index contributed by atoms with van der Waals surface area (Å²) in [6.07, 6.45) is 3.61. The molecule has 1 aromatic rings. The van der Waals surface area contributed by atoms with Gasteiger partial charge in [-0.3, -0.25) is 0 Å². The molecular weight excluding hydrogens is 272 g/mol. The third kappa shape index (κ3) is 2.44. The van der Waals surface area contributed by atoms with E-state index in [1.807, 2.05) is 18.4 Å². The van der Waals surface area contributed by atoms with Crippen molar-refractivity contribution in [2.75, 3.05) is 13.1 Å². The van der Waals surface area contributed by atoms with E-state index >= 15 is 0 Å². The second-order valence-corrected chi connectivity index (χ2v) is 7.12. The van der Waals surface area contributed by atoms with Crippen molar-refractivity contribution in [3.8, 4) is 0 Å². The zero-order valence-corrected chi connectivity index (χ0v) is 12.3. The Balaban J connectivity index is 2.38. The van der Waals surface area contributed by atoms with Crippen molar-refractivity contribution < 1.29 is 8.42 Å². The molecule has 0 N–H and O–H groups in total. The van der Waals surface area contributed by atoms with Gasteiger partial charge in [0.15, 0.2) is 0 Å². The molecule has 18 heavy (non-hydrogen) atoms. The van der Waals surface area contributed by atoms with Gasteiger partial charge in [-0.05, 0) is 32.8 Å². The van der Waals surface area contributed by atoms with Crippen LogP contribution in [0.1, 0.15) is 38.4 Å².